The van der Waals surface area contributed by atoms with Crippen molar-refractivity contribution in [2.24, 2.45) is 0 Å². The molecule has 0 aliphatic heterocycles. The lowest BCUT2D eigenvalue weighted by Gasteiger charge is -2.02. The fourth-order valence-electron chi connectivity index (χ4n) is 1.60. The summed E-state index contributed by atoms with van der Waals surface area (Å²) < 4.78 is 1.04. The minimum atomic E-state index is 0.192. The van der Waals surface area contributed by atoms with Crippen molar-refractivity contribution in [3.63, 3.8) is 0 Å². The molecule has 0 aliphatic rings. The Bertz CT molecular complexity index is 517. The number of halogens is 1. The summed E-state index contributed by atoms with van der Waals surface area (Å²) in [6.07, 6.45) is 0.555. The first kappa shape index (κ1) is 10.4. The van der Waals surface area contributed by atoms with Crippen molar-refractivity contribution in [2.75, 3.05) is 0 Å². The standard InChI is InChI=1S/C13H11BrO/c1-2-13(15)10-4-3-9-5-6-12(14)8-11(9)7-10/h3-8H,2H2,1H3. The van der Waals surface area contributed by atoms with Gasteiger partial charge in [-0.25, -0.2) is 0 Å². The average Bonchev–Trinajstić information content (AvgIpc) is 2.27. The molecular formula is C13H11BrO. The lowest BCUT2D eigenvalue weighted by atomic mass is 10.0. The molecule has 0 bridgehead atoms. The highest BCUT2D eigenvalue weighted by molar-refractivity contribution is 9.10. The van der Waals surface area contributed by atoms with Crippen LogP contribution >= 0.6 is 15.9 Å². The van der Waals surface area contributed by atoms with Crippen molar-refractivity contribution >= 4 is 32.5 Å². The van der Waals surface area contributed by atoms with Crippen LogP contribution in [0.5, 0.6) is 0 Å². The molecule has 0 unspecified atom stereocenters. The highest BCUT2D eigenvalue weighted by atomic mass is 79.9. The number of hydrogen-bond donors (Lipinski definition) is 0. The molecule has 0 atom stereocenters. The van der Waals surface area contributed by atoms with E-state index in [1.54, 1.807) is 0 Å². The lowest BCUT2D eigenvalue weighted by Crippen LogP contribution is -1.95. The Balaban J connectivity index is 2.59. The molecule has 0 aromatic heterocycles. The quantitative estimate of drug-likeness (QED) is 0.742. The Morgan fingerprint density at radius 3 is 2.60 bits per heavy atom. The minimum Gasteiger partial charge on any atom is -0.294 e. The zero-order valence-electron chi connectivity index (χ0n) is 8.46. The van der Waals surface area contributed by atoms with Gasteiger partial charge in [-0.1, -0.05) is 41.1 Å². The first-order valence-electron chi connectivity index (χ1n) is 4.93. The molecule has 0 radical (unpaired) electrons. The zero-order chi connectivity index (χ0) is 10.8. The molecule has 0 aliphatic carbocycles. The number of rotatable bonds is 2. The van der Waals surface area contributed by atoms with E-state index in [0.717, 1.165) is 20.8 Å². The number of hydrogen-bond acceptors (Lipinski definition) is 1. The summed E-state index contributed by atoms with van der Waals surface area (Å²) in [6, 6.07) is 11.9. The molecule has 2 aromatic rings. The first-order valence-corrected chi connectivity index (χ1v) is 5.72. The van der Waals surface area contributed by atoms with Gasteiger partial charge in [0.15, 0.2) is 5.78 Å². The number of benzene rings is 2. The Hall–Kier alpha value is -1.15. The summed E-state index contributed by atoms with van der Waals surface area (Å²) in [5.74, 6) is 0.192. The smallest absolute Gasteiger partial charge is 0.162 e. The highest BCUT2D eigenvalue weighted by Crippen LogP contribution is 2.21. The van der Waals surface area contributed by atoms with E-state index >= 15 is 0 Å². The zero-order valence-corrected chi connectivity index (χ0v) is 10.0. The molecule has 0 N–H and O–H groups in total. The molecule has 76 valence electrons. The van der Waals surface area contributed by atoms with Crippen molar-refractivity contribution in [1.29, 1.82) is 0 Å². The van der Waals surface area contributed by atoms with Crippen LogP contribution < -0.4 is 0 Å². The summed E-state index contributed by atoms with van der Waals surface area (Å²) in [5, 5.41) is 2.26. The van der Waals surface area contributed by atoms with E-state index in [4.69, 9.17) is 0 Å². The van der Waals surface area contributed by atoms with E-state index in [-0.39, 0.29) is 5.78 Å². The van der Waals surface area contributed by atoms with Crippen LogP contribution in [0.2, 0.25) is 0 Å². The lowest BCUT2D eigenvalue weighted by molar-refractivity contribution is 0.0988. The molecule has 0 fully saturated rings. The number of fused-ring (bicyclic) bond motifs is 1. The normalized spacial score (nSPS) is 10.5. The van der Waals surface area contributed by atoms with Crippen molar-refractivity contribution in [3.8, 4) is 0 Å². The van der Waals surface area contributed by atoms with Crippen molar-refractivity contribution < 1.29 is 4.79 Å². The van der Waals surface area contributed by atoms with E-state index < -0.39 is 0 Å². The van der Waals surface area contributed by atoms with E-state index in [2.05, 4.69) is 15.9 Å². The van der Waals surface area contributed by atoms with Crippen molar-refractivity contribution in [1.82, 2.24) is 0 Å². The van der Waals surface area contributed by atoms with Gasteiger partial charge in [0, 0.05) is 16.5 Å². The van der Waals surface area contributed by atoms with E-state index in [9.17, 15) is 4.79 Å². The largest absolute Gasteiger partial charge is 0.294 e. The number of Topliss-reactive ketones (excluding diaryl/α,β-unsaturated/α-hetero) is 1. The summed E-state index contributed by atoms with van der Waals surface area (Å²) in [7, 11) is 0. The van der Waals surface area contributed by atoms with Crippen LogP contribution in [0.1, 0.15) is 23.7 Å². The molecule has 1 nitrogen and oxygen atoms in total. The molecule has 2 rings (SSSR count). The van der Waals surface area contributed by atoms with Crippen LogP contribution in [-0.2, 0) is 0 Å². The Morgan fingerprint density at radius 2 is 1.87 bits per heavy atom. The Kier molecular flexibility index (Phi) is 2.87. The second-order valence-corrected chi connectivity index (χ2v) is 4.40. The fourth-order valence-corrected chi connectivity index (χ4v) is 1.97. The number of carbonyl (C=O) groups is 1. The van der Waals surface area contributed by atoms with Gasteiger partial charge in [0.25, 0.3) is 0 Å². The minimum absolute atomic E-state index is 0.192. The molecule has 2 aromatic carbocycles. The third-order valence-electron chi connectivity index (χ3n) is 2.45. The maximum absolute atomic E-state index is 11.5. The van der Waals surface area contributed by atoms with E-state index in [0.29, 0.717) is 6.42 Å². The van der Waals surface area contributed by atoms with Gasteiger partial charge in [0.2, 0.25) is 0 Å². The van der Waals surface area contributed by atoms with E-state index in [1.165, 1.54) is 0 Å². The molecule has 0 saturated heterocycles. The highest BCUT2D eigenvalue weighted by Gasteiger charge is 2.03. The third-order valence-corrected chi connectivity index (χ3v) is 2.94. The molecule has 0 saturated carbocycles. The summed E-state index contributed by atoms with van der Waals surface area (Å²) >= 11 is 3.43. The molecule has 2 heteroatoms. The van der Waals surface area contributed by atoms with Crippen LogP contribution in [0.25, 0.3) is 10.8 Å². The van der Waals surface area contributed by atoms with Crippen molar-refractivity contribution in [2.45, 2.75) is 13.3 Å². The number of ketones is 1. The van der Waals surface area contributed by atoms with Crippen LogP contribution in [0.3, 0.4) is 0 Å². The predicted molar refractivity (Wildman–Crippen MR) is 66.3 cm³/mol. The molecule has 0 spiro atoms. The van der Waals surface area contributed by atoms with Crippen LogP contribution in [0.4, 0.5) is 0 Å². The molecule has 0 heterocycles. The number of carbonyl (C=O) groups excluding carboxylic acids is 1. The third kappa shape index (κ3) is 2.10. The topological polar surface area (TPSA) is 17.1 Å². The van der Waals surface area contributed by atoms with Gasteiger partial charge < -0.3 is 0 Å². The summed E-state index contributed by atoms with van der Waals surface area (Å²) in [4.78, 5) is 11.5. The van der Waals surface area contributed by atoms with Gasteiger partial charge in [-0.2, -0.15) is 0 Å². The predicted octanol–water partition coefficient (Wildman–Crippen LogP) is 4.20. The monoisotopic (exact) mass is 262 g/mol. The first-order chi connectivity index (χ1) is 7.20. The van der Waals surface area contributed by atoms with Crippen LogP contribution in [0.15, 0.2) is 40.9 Å². The van der Waals surface area contributed by atoms with Gasteiger partial charge in [-0.15, -0.1) is 0 Å². The molecule has 0 amide bonds. The van der Waals surface area contributed by atoms with Gasteiger partial charge >= 0.3 is 0 Å². The summed E-state index contributed by atoms with van der Waals surface area (Å²) in [5.41, 5.74) is 0.795. The SMILES string of the molecule is CCC(=O)c1ccc2ccc(Br)cc2c1. The second-order valence-electron chi connectivity index (χ2n) is 3.48. The average molecular weight is 263 g/mol. The maximum atomic E-state index is 11.5. The maximum Gasteiger partial charge on any atom is 0.162 e. The van der Waals surface area contributed by atoms with E-state index in [1.807, 2.05) is 43.3 Å². The Labute approximate surface area is 97.2 Å². The van der Waals surface area contributed by atoms with Gasteiger partial charge in [-0.3, -0.25) is 4.79 Å². The fraction of sp³-hybridized carbons (Fsp3) is 0.154. The van der Waals surface area contributed by atoms with Gasteiger partial charge in [-0.05, 0) is 29.0 Å². The Morgan fingerprint density at radius 1 is 1.13 bits per heavy atom. The second kappa shape index (κ2) is 4.15. The summed E-state index contributed by atoms with van der Waals surface area (Å²) in [6.45, 7) is 1.88. The van der Waals surface area contributed by atoms with Gasteiger partial charge in [0.05, 0.1) is 0 Å². The van der Waals surface area contributed by atoms with Crippen molar-refractivity contribution in [3.05, 3.63) is 46.4 Å². The van der Waals surface area contributed by atoms with Crippen LogP contribution in [-0.4, -0.2) is 5.78 Å². The molecule has 15 heavy (non-hydrogen) atoms. The van der Waals surface area contributed by atoms with Gasteiger partial charge in [0.1, 0.15) is 0 Å². The molecular weight excluding hydrogens is 252 g/mol. The van der Waals surface area contributed by atoms with Crippen LogP contribution in [0, 0.1) is 0 Å².